The molecule has 5 nitrogen and oxygen atoms in total. The van der Waals surface area contributed by atoms with Gasteiger partial charge in [0.1, 0.15) is 5.60 Å². The maximum atomic E-state index is 6.15. The highest BCUT2D eigenvalue weighted by Crippen LogP contribution is 2.45. The van der Waals surface area contributed by atoms with E-state index in [4.69, 9.17) is 15.5 Å². The number of anilines is 1. The van der Waals surface area contributed by atoms with Crippen molar-refractivity contribution in [2.24, 2.45) is 11.7 Å². The molecule has 0 amide bonds. The first-order chi connectivity index (χ1) is 9.83. The number of nitrogens with zero attached hydrogens (tertiary/aromatic N) is 3. The van der Waals surface area contributed by atoms with E-state index in [1.807, 2.05) is 6.20 Å². The van der Waals surface area contributed by atoms with Gasteiger partial charge in [0, 0.05) is 24.8 Å². The Morgan fingerprint density at radius 3 is 2.81 bits per heavy atom. The lowest BCUT2D eigenvalue weighted by atomic mass is 9.96. The average Bonchev–Trinajstić information content (AvgIpc) is 2.64. The molecule has 1 unspecified atom stereocenters. The summed E-state index contributed by atoms with van der Waals surface area (Å²) in [7, 11) is 0. The molecule has 0 radical (unpaired) electrons. The van der Waals surface area contributed by atoms with E-state index in [1.54, 1.807) is 0 Å². The number of hydrogen-bond acceptors (Lipinski definition) is 5. The third kappa shape index (κ3) is 2.53. The van der Waals surface area contributed by atoms with Gasteiger partial charge in [0.15, 0.2) is 0 Å². The van der Waals surface area contributed by atoms with Crippen LogP contribution in [0.1, 0.15) is 51.8 Å². The van der Waals surface area contributed by atoms with Crippen LogP contribution in [-0.4, -0.2) is 29.6 Å². The summed E-state index contributed by atoms with van der Waals surface area (Å²) in [6, 6.07) is 0. The van der Waals surface area contributed by atoms with Gasteiger partial charge >= 0.3 is 0 Å². The van der Waals surface area contributed by atoms with Crippen LogP contribution in [0.2, 0.25) is 0 Å². The molecular weight excluding hydrogens is 264 g/mol. The highest BCUT2D eigenvalue weighted by atomic mass is 16.5. The van der Waals surface area contributed by atoms with E-state index in [-0.39, 0.29) is 11.2 Å². The number of fused-ring (bicyclic) bond motifs is 1. The molecule has 0 aliphatic carbocycles. The normalized spacial score (nSPS) is 26.7. The van der Waals surface area contributed by atoms with Crippen LogP contribution in [0, 0.1) is 5.92 Å². The minimum Gasteiger partial charge on any atom is -0.359 e. The van der Waals surface area contributed by atoms with Gasteiger partial charge in [0.2, 0.25) is 5.95 Å². The van der Waals surface area contributed by atoms with Crippen molar-refractivity contribution in [3.8, 4) is 0 Å². The molecule has 3 rings (SSSR count). The molecule has 1 atom stereocenters. The Labute approximate surface area is 126 Å². The fourth-order valence-electron chi connectivity index (χ4n) is 3.60. The van der Waals surface area contributed by atoms with Crippen molar-refractivity contribution in [2.75, 3.05) is 24.5 Å². The number of aromatic nitrogens is 2. The van der Waals surface area contributed by atoms with Crippen LogP contribution < -0.4 is 10.6 Å². The molecule has 5 heteroatoms. The van der Waals surface area contributed by atoms with Crippen molar-refractivity contribution < 1.29 is 4.74 Å². The number of hydrogen-bond donors (Lipinski definition) is 1. The summed E-state index contributed by atoms with van der Waals surface area (Å²) in [5.74, 6) is 1.37. The second-order valence-corrected chi connectivity index (χ2v) is 7.24. The molecule has 1 aromatic heterocycles. The lowest BCUT2D eigenvalue weighted by molar-refractivity contribution is -0.106. The van der Waals surface area contributed by atoms with E-state index in [1.165, 1.54) is 6.42 Å². The summed E-state index contributed by atoms with van der Waals surface area (Å²) in [4.78, 5) is 11.7. The second-order valence-electron chi connectivity index (χ2n) is 7.24. The molecule has 0 spiro atoms. The van der Waals surface area contributed by atoms with E-state index in [0.29, 0.717) is 5.92 Å². The van der Waals surface area contributed by atoms with Crippen molar-refractivity contribution in [1.29, 1.82) is 0 Å². The van der Waals surface area contributed by atoms with E-state index in [2.05, 4.69) is 37.6 Å². The van der Waals surface area contributed by atoms with Gasteiger partial charge in [-0.1, -0.05) is 0 Å². The Morgan fingerprint density at radius 1 is 1.33 bits per heavy atom. The molecule has 21 heavy (non-hydrogen) atoms. The van der Waals surface area contributed by atoms with E-state index >= 15 is 0 Å². The first-order valence-electron chi connectivity index (χ1n) is 7.86. The van der Waals surface area contributed by atoms with Crippen LogP contribution in [-0.2, 0) is 15.9 Å². The van der Waals surface area contributed by atoms with Gasteiger partial charge in [0.25, 0.3) is 0 Å². The highest BCUT2D eigenvalue weighted by Gasteiger charge is 2.45. The fourth-order valence-corrected chi connectivity index (χ4v) is 3.60. The number of ether oxygens (including phenoxy) is 1. The molecule has 3 heterocycles. The summed E-state index contributed by atoms with van der Waals surface area (Å²) in [6.45, 7) is 11.0. The third-order valence-electron chi connectivity index (χ3n) is 4.64. The molecule has 0 aromatic carbocycles. The van der Waals surface area contributed by atoms with Crippen molar-refractivity contribution in [2.45, 2.75) is 51.7 Å². The predicted molar refractivity (Wildman–Crippen MR) is 83.2 cm³/mol. The molecule has 0 bridgehead atoms. The Balaban J connectivity index is 1.93. The van der Waals surface area contributed by atoms with Crippen LogP contribution in [0.15, 0.2) is 6.20 Å². The summed E-state index contributed by atoms with van der Waals surface area (Å²) in [5, 5.41) is 0. The van der Waals surface area contributed by atoms with Crippen molar-refractivity contribution in [3.05, 3.63) is 17.5 Å². The van der Waals surface area contributed by atoms with Crippen LogP contribution in [0.4, 0.5) is 5.95 Å². The van der Waals surface area contributed by atoms with Gasteiger partial charge in [-0.05, 0) is 53.0 Å². The average molecular weight is 290 g/mol. The Bertz CT molecular complexity index is 541. The molecule has 1 aromatic rings. The standard InChI is InChI=1S/C16H26N4O/c1-15(2)12-9-18-14(19-13(12)16(3,4)21-15)20-7-5-6-11(8-17)10-20/h9,11H,5-8,10,17H2,1-4H3. The second kappa shape index (κ2) is 4.92. The van der Waals surface area contributed by atoms with Gasteiger partial charge in [-0.15, -0.1) is 0 Å². The van der Waals surface area contributed by atoms with Crippen molar-refractivity contribution >= 4 is 5.95 Å². The maximum Gasteiger partial charge on any atom is 0.225 e. The van der Waals surface area contributed by atoms with E-state index in [0.717, 1.165) is 43.3 Å². The molecular formula is C16H26N4O. The fraction of sp³-hybridized carbons (Fsp3) is 0.750. The molecule has 1 saturated heterocycles. The highest BCUT2D eigenvalue weighted by molar-refractivity contribution is 5.40. The van der Waals surface area contributed by atoms with E-state index < -0.39 is 0 Å². The molecule has 0 saturated carbocycles. The van der Waals surface area contributed by atoms with Crippen molar-refractivity contribution in [1.82, 2.24) is 9.97 Å². The molecule has 2 aliphatic rings. The maximum absolute atomic E-state index is 6.15. The van der Waals surface area contributed by atoms with E-state index in [9.17, 15) is 0 Å². The van der Waals surface area contributed by atoms with Crippen LogP contribution in [0.3, 0.4) is 0 Å². The Kier molecular flexibility index (Phi) is 3.45. The SMILES string of the molecule is CC1(C)OC(C)(C)c2nc(N3CCCC(CN)C3)ncc21. The largest absolute Gasteiger partial charge is 0.359 e. The van der Waals surface area contributed by atoms with Crippen molar-refractivity contribution in [3.63, 3.8) is 0 Å². The quantitative estimate of drug-likeness (QED) is 0.904. The smallest absolute Gasteiger partial charge is 0.225 e. The lowest BCUT2D eigenvalue weighted by Gasteiger charge is -2.32. The summed E-state index contributed by atoms with van der Waals surface area (Å²) in [5.41, 5.74) is 7.26. The molecule has 2 N–H and O–H groups in total. The number of rotatable bonds is 2. The number of piperidine rings is 1. The lowest BCUT2D eigenvalue weighted by Crippen LogP contribution is -2.39. The predicted octanol–water partition coefficient (Wildman–Crippen LogP) is 2.15. The minimum atomic E-state index is -0.362. The molecule has 116 valence electrons. The van der Waals surface area contributed by atoms with Gasteiger partial charge in [-0.3, -0.25) is 0 Å². The minimum absolute atomic E-state index is 0.320. The third-order valence-corrected chi connectivity index (χ3v) is 4.64. The Morgan fingerprint density at radius 2 is 2.10 bits per heavy atom. The zero-order valence-corrected chi connectivity index (χ0v) is 13.5. The zero-order valence-electron chi connectivity index (χ0n) is 13.5. The first-order valence-corrected chi connectivity index (χ1v) is 7.86. The van der Waals surface area contributed by atoms with Crippen LogP contribution >= 0.6 is 0 Å². The monoisotopic (exact) mass is 290 g/mol. The zero-order chi connectivity index (χ0) is 15.3. The van der Waals surface area contributed by atoms with Crippen LogP contribution in [0.5, 0.6) is 0 Å². The van der Waals surface area contributed by atoms with Gasteiger partial charge in [-0.25, -0.2) is 9.97 Å². The molecule has 1 fully saturated rings. The first kappa shape index (κ1) is 14.7. The molecule has 2 aliphatic heterocycles. The topological polar surface area (TPSA) is 64.3 Å². The summed E-state index contributed by atoms with van der Waals surface area (Å²) < 4.78 is 6.15. The van der Waals surface area contributed by atoms with Crippen LogP contribution in [0.25, 0.3) is 0 Å². The van der Waals surface area contributed by atoms with Gasteiger partial charge in [-0.2, -0.15) is 0 Å². The summed E-state index contributed by atoms with van der Waals surface area (Å²) in [6.07, 6.45) is 4.31. The number of nitrogens with two attached hydrogens (primary N) is 1. The van der Waals surface area contributed by atoms with Gasteiger partial charge < -0.3 is 15.4 Å². The van der Waals surface area contributed by atoms with Gasteiger partial charge in [0.05, 0.1) is 11.3 Å². The summed E-state index contributed by atoms with van der Waals surface area (Å²) >= 11 is 0. The Hall–Kier alpha value is -1.20.